The van der Waals surface area contributed by atoms with Crippen molar-refractivity contribution in [1.82, 2.24) is 9.78 Å². The minimum absolute atomic E-state index is 0.00394. The summed E-state index contributed by atoms with van der Waals surface area (Å²) in [6.45, 7) is 2.66. The van der Waals surface area contributed by atoms with Gasteiger partial charge in [-0.1, -0.05) is 0 Å². The number of hydrogen-bond donors (Lipinski definition) is 1. The number of carbonyl (C=O) groups excluding carboxylic acids is 1. The normalized spacial score (nSPS) is 22.2. The van der Waals surface area contributed by atoms with E-state index in [1.54, 1.807) is 9.58 Å². The molecule has 0 bridgehead atoms. The Morgan fingerprint density at radius 3 is 2.93 bits per heavy atom. The molecule has 1 amide bonds. The first-order chi connectivity index (χ1) is 7.09. The summed E-state index contributed by atoms with van der Waals surface area (Å²) in [5.74, 6) is 0.844. The minimum Gasteiger partial charge on any atom is -0.320 e. The molecule has 0 aliphatic carbocycles. The average molecular weight is 208 g/mol. The number of amides is 1. The Morgan fingerprint density at radius 2 is 2.33 bits per heavy atom. The third-order valence-electron chi connectivity index (χ3n) is 2.73. The first-order valence-electron chi connectivity index (χ1n) is 5.17. The molecule has 1 aromatic heterocycles. The molecule has 15 heavy (non-hydrogen) atoms. The lowest BCUT2D eigenvalue weighted by atomic mass is 10.1. The smallest absolute Gasteiger partial charge is 0.245 e. The molecule has 0 spiro atoms. The van der Waals surface area contributed by atoms with Crippen LogP contribution < -0.4 is 10.6 Å². The van der Waals surface area contributed by atoms with Gasteiger partial charge in [0.15, 0.2) is 0 Å². The molecule has 2 N–H and O–H groups in total. The first-order valence-corrected chi connectivity index (χ1v) is 5.17. The van der Waals surface area contributed by atoms with Gasteiger partial charge in [-0.15, -0.1) is 0 Å². The van der Waals surface area contributed by atoms with Gasteiger partial charge >= 0.3 is 0 Å². The molecule has 1 saturated heterocycles. The van der Waals surface area contributed by atoms with Crippen LogP contribution in [0.15, 0.2) is 6.07 Å². The van der Waals surface area contributed by atoms with Crippen LogP contribution in [0.1, 0.15) is 18.5 Å². The third kappa shape index (κ3) is 1.74. The number of carbonyl (C=O) groups is 1. The van der Waals surface area contributed by atoms with E-state index in [0.717, 1.165) is 30.9 Å². The maximum atomic E-state index is 11.8. The summed E-state index contributed by atoms with van der Waals surface area (Å²) < 4.78 is 1.73. The van der Waals surface area contributed by atoms with Gasteiger partial charge in [-0.05, 0) is 19.8 Å². The first kappa shape index (κ1) is 10.2. The van der Waals surface area contributed by atoms with Gasteiger partial charge in [-0.3, -0.25) is 14.4 Å². The van der Waals surface area contributed by atoms with Gasteiger partial charge in [0.1, 0.15) is 5.82 Å². The highest BCUT2D eigenvalue weighted by Crippen LogP contribution is 2.20. The van der Waals surface area contributed by atoms with Crippen LogP contribution in [0, 0.1) is 6.92 Å². The second-order valence-electron chi connectivity index (χ2n) is 4.01. The van der Waals surface area contributed by atoms with Crippen molar-refractivity contribution < 1.29 is 4.79 Å². The van der Waals surface area contributed by atoms with Crippen LogP contribution in [-0.4, -0.2) is 28.3 Å². The SMILES string of the molecule is Cc1cc(N2CCC[C@@H](N)C2=O)n(C)n1. The number of rotatable bonds is 1. The lowest BCUT2D eigenvalue weighted by molar-refractivity contribution is -0.120. The van der Waals surface area contributed by atoms with Gasteiger partial charge in [0.25, 0.3) is 0 Å². The molecule has 0 aromatic carbocycles. The van der Waals surface area contributed by atoms with Gasteiger partial charge in [0, 0.05) is 19.7 Å². The molecule has 1 aliphatic heterocycles. The Bertz CT molecular complexity index is 385. The summed E-state index contributed by atoms with van der Waals surface area (Å²) in [7, 11) is 1.84. The Labute approximate surface area is 88.8 Å². The van der Waals surface area contributed by atoms with E-state index in [9.17, 15) is 4.79 Å². The largest absolute Gasteiger partial charge is 0.320 e. The Hall–Kier alpha value is -1.36. The van der Waals surface area contributed by atoms with Crippen LogP contribution >= 0.6 is 0 Å². The van der Waals surface area contributed by atoms with Crippen molar-refractivity contribution in [3.05, 3.63) is 11.8 Å². The third-order valence-corrected chi connectivity index (χ3v) is 2.73. The van der Waals surface area contributed by atoms with E-state index in [1.165, 1.54) is 0 Å². The second-order valence-corrected chi connectivity index (χ2v) is 4.01. The van der Waals surface area contributed by atoms with Crippen molar-refractivity contribution in [3.8, 4) is 0 Å². The van der Waals surface area contributed by atoms with Gasteiger partial charge in [0.2, 0.25) is 5.91 Å². The van der Waals surface area contributed by atoms with Gasteiger partial charge in [-0.2, -0.15) is 5.10 Å². The maximum Gasteiger partial charge on any atom is 0.245 e. The predicted octanol–water partition coefficient (Wildman–Crippen LogP) is 0.183. The monoisotopic (exact) mass is 208 g/mol. The zero-order chi connectivity index (χ0) is 11.0. The quantitative estimate of drug-likeness (QED) is 0.716. The van der Waals surface area contributed by atoms with E-state index in [-0.39, 0.29) is 11.9 Å². The standard InChI is InChI=1S/C10H16N4O/c1-7-6-9(13(2)12-7)14-5-3-4-8(11)10(14)15/h6,8H,3-5,11H2,1-2H3/t8-/m1/s1. The van der Waals surface area contributed by atoms with Crippen molar-refractivity contribution in [2.45, 2.75) is 25.8 Å². The number of nitrogens with zero attached hydrogens (tertiary/aromatic N) is 3. The maximum absolute atomic E-state index is 11.8. The van der Waals surface area contributed by atoms with Crippen LogP contribution in [0.2, 0.25) is 0 Å². The summed E-state index contributed by atoms with van der Waals surface area (Å²) in [4.78, 5) is 13.6. The van der Waals surface area contributed by atoms with E-state index in [1.807, 2.05) is 20.0 Å². The molecule has 1 atom stereocenters. The number of piperidine rings is 1. The second kappa shape index (κ2) is 3.66. The van der Waals surface area contributed by atoms with Gasteiger partial charge in [0.05, 0.1) is 11.7 Å². The van der Waals surface area contributed by atoms with E-state index in [4.69, 9.17) is 5.73 Å². The lowest BCUT2D eigenvalue weighted by Gasteiger charge is -2.29. The zero-order valence-corrected chi connectivity index (χ0v) is 9.10. The number of nitrogens with two attached hydrogens (primary N) is 1. The zero-order valence-electron chi connectivity index (χ0n) is 9.10. The predicted molar refractivity (Wildman–Crippen MR) is 57.5 cm³/mol. The fraction of sp³-hybridized carbons (Fsp3) is 0.600. The molecule has 82 valence electrons. The topological polar surface area (TPSA) is 64.2 Å². The molecular formula is C10H16N4O. The molecule has 1 aromatic rings. The van der Waals surface area contributed by atoms with Crippen LogP contribution in [0.5, 0.6) is 0 Å². The van der Waals surface area contributed by atoms with Crippen LogP contribution in [0.3, 0.4) is 0 Å². The van der Waals surface area contributed by atoms with Crippen LogP contribution in [0.4, 0.5) is 5.82 Å². The van der Waals surface area contributed by atoms with Crippen LogP contribution in [0.25, 0.3) is 0 Å². The van der Waals surface area contributed by atoms with E-state index < -0.39 is 0 Å². The summed E-state index contributed by atoms with van der Waals surface area (Å²) in [5, 5.41) is 4.23. The van der Waals surface area contributed by atoms with Crippen molar-refractivity contribution in [2.75, 3.05) is 11.4 Å². The van der Waals surface area contributed by atoms with E-state index in [0.29, 0.717) is 0 Å². The molecular weight excluding hydrogens is 192 g/mol. The van der Waals surface area contributed by atoms with Gasteiger partial charge < -0.3 is 5.73 Å². The summed E-state index contributed by atoms with van der Waals surface area (Å²) >= 11 is 0. The Kier molecular flexibility index (Phi) is 2.48. The summed E-state index contributed by atoms with van der Waals surface area (Å²) in [5.41, 5.74) is 6.66. The van der Waals surface area contributed by atoms with Crippen molar-refractivity contribution in [2.24, 2.45) is 12.8 Å². The molecule has 5 heteroatoms. The molecule has 2 rings (SSSR count). The number of aryl methyl sites for hydroxylation is 2. The van der Waals surface area contributed by atoms with Crippen molar-refractivity contribution in [3.63, 3.8) is 0 Å². The molecule has 0 unspecified atom stereocenters. The molecule has 1 fully saturated rings. The fourth-order valence-corrected chi connectivity index (χ4v) is 1.98. The van der Waals surface area contributed by atoms with Gasteiger partial charge in [-0.25, -0.2) is 0 Å². The lowest BCUT2D eigenvalue weighted by Crippen LogP contribution is -2.49. The fourth-order valence-electron chi connectivity index (χ4n) is 1.98. The summed E-state index contributed by atoms with van der Waals surface area (Å²) in [6, 6.07) is 1.56. The highest BCUT2D eigenvalue weighted by Gasteiger charge is 2.28. The molecule has 0 saturated carbocycles. The Morgan fingerprint density at radius 1 is 1.60 bits per heavy atom. The number of anilines is 1. The average Bonchev–Trinajstić information content (AvgIpc) is 2.50. The van der Waals surface area contributed by atoms with Crippen molar-refractivity contribution >= 4 is 11.7 Å². The number of aromatic nitrogens is 2. The number of hydrogen-bond acceptors (Lipinski definition) is 3. The van der Waals surface area contributed by atoms with Crippen LogP contribution in [-0.2, 0) is 11.8 Å². The molecule has 5 nitrogen and oxygen atoms in total. The summed E-state index contributed by atoms with van der Waals surface area (Å²) in [6.07, 6.45) is 1.74. The highest BCUT2D eigenvalue weighted by molar-refractivity contribution is 5.97. The highest BCUT2D eigenvalue weighted by atomic mass is 16.2. The molecule has 0 radical (unpaired) electrons. The molecule has 1 aliphatic rings. The van der Waals surface area contributed by atoms with Crippen molar-refractivity contribution in [1.29, 1.82) is 0 Å². The minimum atomic E-state index is -0.353. The van der Waals surface area contributed by atoms with E-state index in [2.05, 4.69) is 5.10 Å². The Balaban J connectivity index is 2.30. The molecule has 2 heterocycles. The van der Waals surface area contributed by atoms with E-state index >= 15 is 0 Å².